The van der Waals surface area contributed by atoms with Crippen molar-refractivity contribution >= 4 is 16.6 Å². The van der Waals surface area contributed by atoms with E-state index in [1.165, 1.54) is 6.07 Å². The normalized spacial score (nSPS) is 16.0. The molecule has 0 bridgehead atoms. The third kappa shape index (κ3) is 4.39. The number of halogens is 1. The van der Waals surface area contributed by atoms with Gasteiger partial charge in [-0.25, -0.2) is 9.07 Å². The zero-order valence-corrected chi connectivity index (χ0v) is 21.4. The Morgan fingerprint density at radius 2 is 1.75 bits per heavy atom. The predicted molar refractivity (Wildman–Crippen MR) is 139 cm³/mol. The highest BCUT2D eigenvalue weighted by molar-refractivity contribution is 5.83. The van der Waals surface area contributed by atoms with Gasteiger partial charge in [-0.3, -0.25) is 9.69 Å². The number of nitrogens with zero attached hydrogens (tertiary/aromatic N) is 6. The number of H-pyrrole nitrogens is 1. The molecule has 4 aromatic rings. The number of aryl methyl sites for hydroxylation is 2. The van der Waals surface area contributed by atoms with Gasteiger partial charge in [0.05, 0.1) is 16.7 Å². The molecular formula is C27H32FN7O. The van der Waals surface area contributed by atoms with Crippen LogP contribution in [0.25, 0.3) is 10.9 Å². The van der Waals surface area contributed by atoms with Crippen molar-refractivity contribution in [2.75, 3.05) is 31.1 Å². The van der Waals surface area contributed by atoms with E-state index in [-0.39, 0.29) is 16.9 Å². The molecule has 1 atom stereocenters. The number of para-hydroxylation sites is 1. The number of rotatable bonds is 4. The second-order valence-corrected chi connectivity index (χ2v) is 10.6. The predicted octanol–water partition coefficient (Wildman–Crippen LogP) is 3.94. The average molecular weight is 490 g/mol. The van der Waals surface area contributed by atoms with Gasteiger partial charge in [-0.15, -0.1) is 5.10 Å². The van der Waals surface area contributed by atoms with Gasteiger partial charge < -0.3 is 9.88 Å². The molecule has 1 aliphatic heterocycles. The SMILES string of the molecule is Cc1cc(C)c2[nH]c(=O)c([C@H](c3nnnn3C(C)(C)C)N3CCN(c4ccccc4F)CC3)cc2c1. The molecule has 1 aliphatic rings. The van der Waals surface area contributed by atoms with E-state index in [1.807, 2.05) is 44.7 Å². The lowest BCUT2D eigenvalue weighted by Crippen LogP contribution is -2.49. The Bertz CT molecular complexity index is 1460. The molecule has 2 aromatic carbocycles. The number of aromatic amines is 1. The number of pyridine rings is 1. The summed E-state index contributed by atoms with van der Waals surface area (Å²) in [6.45, 7) is 12.7. The van der Waals surface area contributed by atoms with Crippen LogP contribution in [0.4, 0.5) is 10.1 Å². The minimum absolute atomic E-state index is 0.153. The number of anilines is 1. The topological polar surface area (TPSA) is 82.9 Å². The molecule has 0 spiro atoms. The first kappa shape index (κ1) is 24.1. The van der Waals surface area contributed by atoms with Gasteiger partial charge >= 0.3 is 0 Å². The number of tetrazole rings is 1. The summed E-state index contributed by atoms with van der Waals surface area (Å²) < 4.78 is 16.2. The van der Waals surface area contributed by atoms with E-state index in [0.29, 0.717) is 43.3 Å². The first-order valence-corrected chi connectivity index (χ1v) is 12.3. The lowest BCUT2D eigenvalue weighted by atomic mass is 9.99. The standard InChI is InChI=1S/C27H32FN7O/c1-17-14-18(2)23-19(15-17)16-20(26(36)29-23)24(25-30-31-32-35(25)27(3,4)5)34-12-10-33(11-13-34)22-9-7-6-8-21(22)28/h6-9,14-16,24H,10-13H2,1-5H3,(H,29,36)/t24-/m1/s1. The summed E-state index contributed by atoms with van der Waals surface area (Å²) >= 11 is 0. The van der Waals surface area contributed by atoms with Crippen molar-refractivity contribution in [2.45, 2.75) is 46.2 Å². The summed E-state index contributed by atoms with van der Waals surface area (Å²) in [5.74, 6) is 0.395. The Labute approximate surface area is 209 Å². The van der Waals surface area contributed by atoms with Crippen LogP contribution >= 0.6 is 0 Å². The van der Waals surface area contributed by atoms with Crippen molar-refractivity contribution < 1.29 is 4.39 Å². The number of aromatic nitrogens is 5. The molecule has 188 valence electrons. The van der Waals surface area contributed by atoms with Crippen LogP contribution in [0.1, 0.15) is 49.3 Å². The van der Waals surface area contributed by atoms with Crippen LogP contribution in [0, 0.1) is 19.7 Å². The summed E-state index contributed by atoms with van der Waals surface area (Å²) in [6, 6.07) is 12.5. The fraction of sp³-hybridized carbons (Fsp3) is 0.407. The maximum absolute atomic E-state index is 14.4. The van der Waals surface area contributed by atoms with Crippen molar-refractivity contribution in [3.63, 3.8) is 0 Å². The number of benzene rings is 2. The van der Waals surface area contributed by atoms with Gasteiger partial charge in [-0.05, 0) is 80.3 Å². The summed E-state index contributed by atoms with van der Waals surface area (Å²) in [4.78, 5) is 20.9. The van der Waals surface area contributed by atoms with Crippen molar-refractivity contribution in [1.82, 2.24) is 30.1 Å². The van der Waals surface area contributed by atoms with Crippen molar-refractivity contribution in [1.29, 1.82) is 0 Å². The minimum Gasteiger partial charge on any atom is -0.367 e. The van der Waals surface area contributed by atoms with E-state index in [1.54, 1.807) is 16.8 Å². The van der Waals surface area contributed by atoms with E-state index in [9.17, 15) is 9.18 Å². The molecule has 0 unspecified atom stereocenters. The van der Waals surface area contributed by atoms with E-state index in [2.05, 4.69) is 44.5 Å². The van der Waals surface area contributed by atoms with Gasteiger partial charge in [-0.1, -0.05) is 23.8 Å². The molecule has 0 aliphatic carbocycles. The molecule has 0 amide bonds. The van der Waals surface area contributed by atoms with Crippen LogP contribution in [-0.2, 0) is 5.54 Å². The Kier molecular flexibility index (Phi) is 6.12. The Morgan fingerprint density at radius 3 is 2.44 bits per heavy atom. The lowest BCUT2D eigenvalue weighted by Gasteiger charge is -2.40. The van der Waals surface area contributed by atoms with Gasteiger partial charge in [0.15, 0.2) is 5.82 Å². The summed E-state index contributed by atoms with van der Waals surface area (Å²) in [6.07, 6.45) is 0. The van der Waals surface area contributed by atoms with Crippen molar-refractivity contribution in [2.24, 2.45) is 0 Å². The molecular weight excluding hydrogens is 457 g/mol. The van der Waals surface area contributed by atoms with E-state index in [4.69, 9.17) is 0 Å². The molecule has 36 heavy (non-hydrogen) atoms. The largest absolute Gasteiger partial charge is 0.367 e. The van der Waals surface area contributed by atoms with Crippen LogP contribution in [0.2, 0.25) is 0 Å². The van der Waals surface area contributed by atoms with Gasteiger partial charge in [-0.2, -0.15) is 0 Å². The molecule has 9 heteroatoms. The first-order chi connectivity index (χ1) is 17.1. The first-order valence-electron chi connectivity index (χ1n) is 12.3. The van der Waals surface area contributed by atoms with Crippen LogP contribution < -0.4 is 10.5 Å². The molecule has 5 rings (SSSR count). The molecule has 1 saturated heterocycles. The fourth-order valence-corrected chi connectivity index (χ4v) is 5.18. The molecule has 1 fully saturated rings. The Hall–Kier alpha value is -3.59. The van der Waals surface area contributed by atoms with Gasteiger partial charge in [0.2, 0.25) is 0 Å². The highest BCUT2D eigenvalue weighted by atomic mass is 19.1. The fourth-order valence-electron chi connectivity index (χ4n) is 5.18. The Morgan fingerprint density at radius 1 is 1.03 bits per heavy atom. The average Bonchev–Trinajstić information content (AvgIpc) is 3.31. The number of piperazine rings is 1. The quantitative estimate of drug-likeness (QED) is 0.468. The monoisotopic (exact) mass is 489 g/mol. The molecule has 3 heterocycles. The number of fused-ring (bicyclic) bond motifs is 1. The number of hydrogen-bond acceptors (Lipinski definition) is 6. The highest BCUT2D eigenvalue weighted by Crippen LogP contribution is 2.31. The summed E-state index contributed by atoms with van der Waals surface area (Å²) in [5.41, 5.74) is 3.68. The summed E-state index contributed by atoms with van der Waals surface area (Å²) in [7, 11) is 0. The minimum atomic E-state index is -0.448. The molecule has 2 aromatic heterocycles. The number of nitrogens with one attached hydrogen (secondary N) is 1. The molecule has 0 radical (unpaired) electrons. The van der Waals surface area contributed by atoms with Crippen LogP contribution in [0.3, 0.4) is 0 Å². The maximum Gasteiger partial charge on any atom is 0.253 e. The number of hydrogen-bond donors (Lipinski definition) is 1. The molecule has 8 nitrogen and oxygen atoms in total. The zero-order chi connectivity index (χ0) is 25.6. The second-order valence-electron chi connectivity index (χ2n) is 10.6. The van der Waals surface area contributed by atoms with Gasteiger partial charge in [0, 0.05) is 31.7 Å². The molecule has 1 N–H and O–H groups in total. The smallest absolute Gasteiger partial charge is 0.253 e. The van der Waals surface area contributed by atoms with Crippen LogP contribution in [0.5, 0.6) is 0 Å². The zero-order valence-electron chi connectivity index (χ0n) is 21.4. The van der Waals surface area contributed by atoms with Gasteiger partial charge in [0.1, 0.15) is 11.9 Å². The van der Waals surface area contributed by atoms with Crippen molar-refractivity contribution in [3.05, 3.63) is 81.2 Å². The summed E-state index contributed by atoms with van der Waals surface area (Å²) in [5, 5.41) is 13.7. The maximum atomic E-state index is 14.4. The van der Waals surface area contributed by atoms with E-state index < -0.39 is 6.04 Å². The molecule has 0 saturated carbocycles. The highest BCUT2D eigenvalue weighted by Gasteiger charge is 2.35. The van der Waals surface area contributed by atoms with Crippen LogP contribution in [-0.4, -0.2) is 56.3 Å². The third-order valence-corrected chi connectivity index (χ3v) is 6.86. The van der Waals surface area contributed by atoms with Crippen molar-refractivity contribution in [3.8, 4) is 0 Å². The van der Waals surface area contributed by atoms with E-state index >= 15 is 0 Å². The Balaban J connectivity index is 1.59. The third-order valence-electron chi connectivity index (χ3n) is 6.86. The van der Waals surface area contributed by atoms with Gasteiger partial charge in [0.25, 0.3) is 5.56 Å². The van der Waals surface area contributed by atoms with Crippen LogP contribution in [0.15, 0.2) is 47.3 Å². The second kappa shape index (κ2) is 9.13. The lowest BCUT2D eigenvalue weighted by molar-refractivity contribution is 0.190. The van der Waals surface area contributed by atoms with E-state index in [0.717, 1.165) is 22.0 Å².